The number of hydrogen-bond donors (Lipinski definition) is 1. The maximum absolute atomic E-state index is 11.8. The van der Waals surface area contributed by atoms with Crippen molar-refractivity contribution < 1.29 is 0 Å². The minimum absolute atomic E-state index is 0.0235. The van der Waals surface area contributed by atoms with E-state index in [1.165, 1.54) is 16.2 Å². The van der Waals surface area contributed by atoms with E-state index in [9.17, 15) is 4.79 Å². The monoisotopic (exact) mass is 332 g/mol. The smallest absolute Gasteiger partial charge is 0.305 e. The van der Waals surface area contributed by atoms with Gasteiger partial charge in [0.2, 0.25) is 0 Å². The molecule has 1 saturated heterocycles. The van der Waals surface area contributed by atoms with Crippen LogP contribution in [-0.2, 0) is 12.0 Å². The lowest BCUT2D eigenvalue weighted by atomic mass is 9.91. The van der Waals surface area contributed by atoms with Crippen LogP contribution in [-0.4, -0.2) is 41.0 Å². The molecule has 1 aliphatic heterocycles. The number of nitrogens with zero attached hydrogens (tertiary/aromatic N) is 3. The molecule has 0 aliphatic carbocycles. The first-order valence-electron chi connectivity index (χ1n) is 8.04. The first-order chi connectivity index (χ1) is 10.9. The van der Waals surface area contributed by atoms with Crippen LogP contribution in [0.1, 0.15) is 31.3 Å². The molecule has 0 bridgehead atoms. The number of aromatic nitrogens is 2. The highest BCUT2D eigenvalue weighted by molar-refractivity contribution is 7.09. The molecular weight excluding hydrogens is 308 g/mol. The molecule has 124 valence electrons. The van der Waals surface area contributed by atoms with Crippen molar-refractivity contribution in [3.05, 3.63) is 44.6 Å². The van der Waals surface area contributed by atoms with Gasteiger partial charge in [-0.25, -0.2) is 4.98 Å². The summed E-state index contributed by atoms with van der Waals surface area (Å²) >= 11 is 1.35. The Morgan fingerprint density at radius 1 is 1.22 bits per heavy atom. The van der Waals surface area contributed by atoms with Crippen LogP contribution in [0.5, 0.6) is 0 Å². The average molecular weight is 332 g/mol. The number of hydrogen-bond acceptors (Lipinski definition) is 5. The number of anilines is 1. The first-order valence-corrected chi connectivity index (χ1v) is 8.86. The van der Waals surface area contributed by atoms with Crippen LogP contribution in [0.3, 0.4) is 0 Å². The third-order valence-electron chi connectivity index (χ3n) is 4.18. The van der Waals surface area contributed by atoms with Gasteiger partial charge in [0.25, 0.3) is 0 Å². The van der Waals surface area contributed by atoms with Crippen LogP contribution < -0.4 is 9.77 Å². The Hall–Kier alpha value is -1.66. The Morgan fingerprint density at radius 3 is 2.57 bits per heavy atom. The lowest BCUT2D eigenvalue weighted by molar-refractivity contribution is 0.249. The summed E-state index contributed by atoms with van der Waals surface area (Å²) in [5, 5.41) is 0. The zero-order valence-electron chi connectivity index (χ0n) is 14.0. The Labute approximate surface area is 141 Å². The SMILES string of the molecule is CC(C)(C)c1[nH]c(=O)sc1CN1CCN(c2ccccn2)CC1. The summed E-state index contributed by atoms with van der Waals surface area (Å²) in [6.07, 6.45) is 1.84. The minimum Gasteiger partial charge on any atom is -0.354 e. The summed E-state index contributed by atoms with van der Waals surface area (Å²) in [7, 11) is 0. The van der Waals surface area contributed by atoms with Gasteiger partial charge in [0.1, 0.15) is 5.82 Å². The first kappa shape index (κ1) is 16.2. The second-order valence-electron chi connectivity index (χ2n) is 7.01. The van der Waals surface area contributed by atoms with E-state index in [1.54, 1.807) is 0 Å². The number of piperazine rings is 1. The van der Waals surface area contributed by atoms with Crippen LogP contribution in [0.25, 0.3) is 0 Å². The van der Waals surface area contributed by atoms with Crippen molar-refractivity contribution in [2.45, 2.75) is 32.7 Å². The van der Waals surface area contributed by atoms with Gasteiger partial charge in [-0.2, -0.15) is 0 Å². The topological polar surface area (TPSA) is 52.2 Å². The van der Waals surface area contributed by atoms with Crippen molar-refractivity contribution in [2.24, 2.45) is 0 Å². The van der Waals surface area contributed by atoms with E-state index in [0.29, 0.717) is 0 Å². The van der Waals surface area contributed by atoms with Gasteiger partial charge in [-0.05, 0) is 12.1 Å². The van der Waals surface area contributed by atoms with Crippen molar-refractivity contribution in [2.75, 3.05) is 31.1 Å². The molecule has 5 nitrogen and oxygen atoms in total. The summed E-state index contributed by atoms with van der Waals surface area (Å²) < 4.78 is 0. The quantitative estimate of drug-likeness (QED) is 0.938. The standard InChI is InChI=1S/C17H24N4OS/c1-17(2,3)15-13(23-16(22)19-15)12-20-8-10-21(11-9-20)14-6-4-5-7-18-14/h4-7H,8-12H2,1-3H3,(H,19,22). The van der Waals surface area contributed by atoms with Gasteiger partial charge in [0.05, 0.1) is 0 Å². The Bertz CT molecular complexity index is 693. The highest BCUT2D eigenvalue weighted by Crippen LogP contribution is 2.26. The molecule has 0 unspecified atom stereocenters. The molecule has 0 atom stereocenters. The highest BCUT2D eigenvalue weighted by atomic mass is 32.1. The van der Waals surface area contributed by atoms with E-state index >= 15 is 0 Å². The fraction of sp³-hybridized carbons (Fsp3) is 0.529. The highest BCUT2D eigenvalue weighted by Gasteiger charge is 2.24. The molecule has 0 amide bonds. The molecule has 0 spiro atoms. The van der Waals surface area contributed by atoms with E-state index in [1.807, 2.05) is 18.3 Å². The van der Waals surface area contributed by atoms with Crippen molar-refractivity contribution in [3.63, 3.8) is 0 Å². The second kappa shape index (κ2) is 6.45. The second-order valence-corrected chi connectivity index (χ2v) is 8.08. The molecule has 1 N–H and O–H groups in total. The molecule has 3 rings (SSSR count). The Kier molecular flexibility index (Phi) is 4.55. The number of rotatable bonds is 3. The molecule has 1 fully saturated rings. The summed E-state index contributed by atoms with van der Waals surface area (Å²) in [5.74, 6) is 1.05. The van der Waals surface area contributed by atoms with Crippen molar-refractivity contribution in [3.8, 4) is 0 Å². The number of aromatic amines is 1. The van der Waals surface area contributed by atoms with E-state index in [2.05, 4.69) is 46.6 Å². The lowest BCUT2D eigenvalue weighted by Crippen LogP contribution is -2.46. The summed E-state index contributed by atoms with van der Waals surface area (Å²) in [4.78, 5) is 25.2. The molecule has 0 aromatic carbocycles. The molecular formula is C17H24N4OS. The fourth-order valence-corrected chi connectivity index (χ4v) is 4.04. The Balaban J connectivity index is 1.65. The molecule has 1 aliphatic rings. The van der Waals surface area contributed by atoms with E-state index in [-0.39, 0.29) is 10.3 Å². The fourth-order valence-electron chi connectivity index (χ4n) is 2.96. The summed E-state index contributed by atoms with van der Waals surface area (Å²) in [6.45, 7) is 11.2. The minimum atomic E-state index is -0.0235. The normalized spacial score (nSPS) is 16.7. The van der Waals surface area contributed by atoms with Crippen molar-refractivity contribution in [1.82, 2.24) is 14.9 Å². The number of nitrogens with one attached hydrogen (secondary N) is 1. The van der Waals surface area contributed by atoms with Gasteiger partial charge >= 0.3 is 4.87 Å². The van der Waals surface area contributed by atoms with Gasteiger partial charge in [-0.3, -0.25) is 9.69 Å². The molecule has 6 heteroatoms. The van der Waals surface area contributed by atoms with Crippen LogP contribution in [0.2, 0.25) is 0 Å². The van der Waals surface area contributed by atoms with Gasteiger partial charge in [0, 0.05) is 54.9 Å². The summed E-state index contributed by atoms with van der Waals surface area (Å²) in [5.41, 5.74) is 1.06. The third kappa shape index (κ3) is 3.82. The largest absolute Gasteiger partial charge is 0.354 e. The summed E-state index contributed by atoms with van der Waals surface area (Å²) in [6, 6.07) is 6.04. The lowest BCUT2D eigenvalue weighted by Gasteiger charge is -2.35. The molecule has 0 radical (unpaired) electrons. The molecule has 2 aromatic rings. The van der Waals surface area contributed by atoms with Gasteiger partial charge in [-0.15, -0.1) is 0 Å². The van der Waals surface area contributed by atoms with Crippen molar-refractivity contribution >= 4 is 17.2 Å². The third-order valence-corrected chi connectivity index (χ3v) is 5.05. The van der Waals surface area contributed by atoms with Gasteiger partial charge in [0.15, 0.2) is 0 Å². The van der Waals surface area contributed by atoms with Gasteiger partial charge in [-0.1, -0.05) is 38.2 Å². The Morgan fingerprint density at radius 2 is 1.96 bits per heavy atom. The van der Waals surface area contributed by atoms with E-state index in [4.69, 9.17) is 0 Å². The van der Waals surface area contributed by atoms with Crippen LogP contribution in [0.15, 0.2) is 29.2 Å². The maximum atomic E-state index is 11.8. The maximum Gasteiger partial charge on any atom is 0.305 e. The zero-order valence-corrected chi connectivity index (χ0v) is 14.8. The molecule has 2 aromatic heterocycles. The predicted octanol–water partition coefficient (Wildman–Crippen LogP) is 2.45. The number of pyridine rings is 1. The van der Waals surface area contributed by atoms with Crippen LogP contribution in [0, 0.1) is 0 Å². The molecule has 0 saturated carbocycles. The zero-order chi connectivity index (χ0) is 16.4. The number of H-pyrrole nitrogens is 1. The van der Waals surface area contributed by atoms with E-state index < -0.39 is 0 Å². The van der Waals surface area contributed by atoms with E-state index in [0.717, 1.165) is 44.2 Å². The van der Waals surface area contributed by atoms with Gasteiger partial charge < -0.3 is 9.88 Å². The predicted molar refractivity (Wildman–Crippen MR) is 95.4 cm³/mol. The average Bonchev–Trinajstić information content (AvgIpc) is 2.90. The molecule has 3 heterocycles. The van der Waals surface area contributed by atoms with Crippen molar-refractivity contribution in [1.29, 1.82) is 0 Å². The van der Waals surface area contributed by atoms with Crippen LogP contribution >= 0.6 is 11.3 Å². The molecule has 23 heavy (non-hydrogen) atoms. The van der Waals surface area contributed by atoms with Crippen LogP contribution in [0.4, 0.5) is 5.82 Å². The number of thiazole rings is 1.